The number of anilines is 2. The summed E-state index contributed by atoms with van der Waals surface area (Å²) in [5.74, 6) is 0.294. The van der Waals surface area contributed by atoms with Crippen LogP contribution in [0.2, 0.25) is 0 Å². The summed E-state index contributed by atoms with van der Waals surface area (Å²) in [6.07, 6.45) is 2.99. The quantitative estimate of drug-likeness (QED) is 0.639. The molecule has 2 heterocycles. The van der Waals surface area contributed by atoms with E-state index in [1.54, 1.807) is 4.90 Å². The summed E-state index contributed by atoms with van der Waals surface area (Å²) in [6.45, 7) is 5.03. The highest BCUT2D eigenvalue weighted by Crippen LogP contribution is 2.37. The van der Waals surface area contributed by atoms with E-state index in [-0.39, 0.29) is 18.7 Å². The Bertz CT molecular complexity index is 907. The van der Waals surface area contributed by atoms with Crippen LogP contribution in [-0.4, -0.2) is 38.3 Å². The minimum Gasteiger partial charge on any atom is -0.466 e. The summed E-state index contributed by atoms with van der Waals surface area (Å²) in [6, 6.07) is 15.9. The van der Waals surface area contributed by atoms with Gasteiger partial charge in [-0.3, -0.25) is 9.69 Å². The van der Waals surface area contributed by atoms with Gasteiger partial charge >= 0.3 is 12.1 Å². The molecule has 164 valence electrons. The van der Waals surface area contributed by atoms with Gasteiger partial charge < -0.3 is 14.4 Å². The van der Waals surface area contributed by atoms with Gasteiger partial charge in [-0.2, -0.15) is 0 Å². The Kier molecular flexibility index (Phi) is 6.75. The van der Waals surface area contributed by atoms with Crippen LogP contribution in [0.1, 0.15) is 37.3 Å². The third kappa shape index (κ3) is 5.01. The van der Waals surface area contributed by atoms with Gasteiger partial charge in [0, 0.05) is 37.3 Å². The summed E-state index contributed by atoms with van der Waals surface area (Å²) in [5, 5.41) is 0. The molecule has 0 saturated carbocycles. The van der Waals surface area contributed by atoms with Crippen molar-refractivity contribution in [2.24, 2.45) is 5.92 Å². The molecule has 2 aliphatic rings. The van der Waals surface area contributed by atoms with Crippen molar-refractivity contribution >= 4 is 23.4 Å². The minimum absolute atomic E-state index is 0.0915. The van der Waals surface area contributed by atoms with E-state index in [1.165, 1.54) is 11.3 Å². The molecule has 0 atom stereocenters. The number of piperidine rings is 1. The summed E-state index contributed by atoms with van der Waals surface area (Å²) in [5.41, 5.74) is 4.34. The zero-order valence-electron chi connectivity index (χ0n) is 18.1. The Morgan fingerprint density at radius 2 is 1.68 bits per heavy atom. The van der Waals surface area contributed by atoms with Gasteiger partial charge in [-0.05, 0) is 49.8 Å². The fourth-order valence-electron chi connectivity index (χ4n) is 4.53. The van der Waals surface area contributed by atoms with Crippen LogP contribution in [-0.2, 0) is 27.3 Å². The first-order valence-corrected chi connectivity index (χ1v) is 11.2. The van der Waals surface area contributed by atoms with Crippen molar-refractivity contribution in [2.75, 3.05) is 36.0 Å². The molecule has 0 aliphatic carbocycles. The van der Waals surface area contributed by atoms with Crippen molar-refractivity contribution < 1.29 is 19.1 Å². The van der Waals surface area contributed by atoms with Gasteiger partial charge in [0.1, 0.15) is 6.61 Å². The Balaban J connectivity index is 1.37. The van der Waals surface area contributed by atoms with Crippen molar-refractivity contribution in [3.05, 3.63) is 59.7 Å². The van der Waals surface area contributed by atoms with Gasteiger partial charge in [-0.15, -0.1) is 0 Å². The Hall–Kier alpha value is -3.02. The molecule has 31 heavy (non-hydrogen) atoms. The van der Waals surface area contributed by atoms with Gasteiger partial charge in [-0.1, -0.05) is 36.4 Å². The first-order chi connectivity index (χ1) is 15.2. The average molecular weight is 423 g/mol. The normalized spacial score (nSPS) is 16.2. The Morgan fingerprint density at radius 1 is 0.935 bits per heavy atom. The van der Waals surface area contributed by atoms with Gasteiger partial charge in [0.15, 0.2) is 0 Å². The molecule has 1 fully saturated rings. The average Bonchev–Trinajstić information content (AvgIpc) is 3.23. The second kappa shape index (κ2) is 9.86. The predicted octanol–water partition coefficient (Wildman–Crippen LogP) is 4.56. The molecule has 0 aromatic heterocycles. The molecule has 4 rings (SSSR count). The first kappa shape index (κ1) is 21.2. The molecule has 6 heteroatoms. The smallest absolute Gasteiger partial charge is 0.414 e. The molecule has 2 aromatic carbocycles. The summed E-state index contributed by atoms with van der Waals surface area (Å²) in [7, 11) is 0. The number of esters is 1. The molecule has 0 bridgehead atoms. The molecule has 0 unspecified atom stereocenters. The maximum atomic E-state index is 12.7. The summed E-state index contributed by atoms with van der Waals surface area (Å²) < 4.78 is 10.7. The zero-order valence-corrected chi connectivity index (χ0v) is 18.1. The molecule has 2 aliphatic heterocycles. The summed E-state index contributed by atoms with van der Waals surface area (Å²) >= 11 is 0. The van der Waals surface area contributed by atoms with E-state index in [1.807, 2.05) is 49.4 Å². The lowest BCUT2D eigenvalue weighted by Gasteiger charge is -2.34. The maximum absolute atomic E-state index is 12.7. The number of ether oxygens (including phenoxy) is 2. The van der Waals surface area contributed by atoms with Crippen molar-refractivity contribution in [1.82, 2.24) is 0 Å². The number of carbonyl (C=O) groups excluding carboxylic acids is 2. The van der Waals surface area contributed by atoms with Gasteiger partial charge in [0.25, 0.3) is 0 Å². The Labute approximate surface area is 183 Å². The lowest BCUT2D eigenvalue weighted by molar-refractivity contribution is -0.144. The standard InChI is InChI=1S/C25H30N2O4/c1-2-30-24(28)17-19-11-14-26(15-12-19)22-9-6-10-23-21(22)13-16-27(23)25(29)31-18-20-7-4-3-5-8-20/h3-10,19H,2,11-18H2,1H3. The number of amides is 1. The molecule has 1 amide bonds. The predicted molar refractivity (Wildman–Crippen MR) is 120 cm³/mol. The van der Waals surface area contributed by atoms with E-state index in [2.05, 4.69) is 11.0 Å². The number of carbonyl (C=O) groups is 2. The van der Waals surface area contributed by atoms with Crippen LogP contribution in [0.25, 0.3) is 0 Å². The number of fused-ring (bicyclic) bond motifs is 1. The van der Waals surface area contributed by atoms with E-state index >= 15 is 0 Å². The molecule has 1 saturated heterocycles. The second-order valence-corrected chi connectivity index (χ2v) is 8.16. The van der Waals surface area contributed by atoms with Crippen molar-refractivity contribution in [1.29, 1.82) is 0 Å². The fraction of sp³-hybridized carbons (Fsp3) is 0.440. The number of benzene rings is 2. The largest absolute Gasteiger partial charge is 0.466 e. The van der Waals surface area contributed by atoms with Gasteiger partial charge in [0.2, 0.25) is 0 Å². The van der Waals surface area contributed by atoms with Crippen LogP contribution >= 0.6 is 0 Å². The van der Waals surface area contributed by atoms with Gasteiger partial charge in [0.05, 0.1) is 12.3 Å². The van der Waals surface area contributed by atoms with Crippen molar-refractivity contribution in [3.8, 4) is 0 Å². The first-order valence-electron chi connectivity index (χ1n) is 11.2. The van der Waals surface area contributed by atoms with Crippen molar-refractivity contribution in [2.45, 2.75) is 39.2 Å². The van der Waals surface area contributed by atoms with Crippen LogP contribution in [0.5, 0.6) is 0 Å². The van der Waals surface area contributed by atoms with Crippen LogP contribution < -0.4 is 9.80 Å². The third-order valence-corrected chi connectivity index (χ3v) is 6.14. The zero-order chi connectivity index (χ0) is 21.6. The molecule has 6 nitrogen and oxygen atoms in total. The topological polar surface area (TPSA) is 59.1 Å². The molecule has 0 radical (unpaired) electrons. The highest BCUT2D eigenvalue weighted by atomic mass is 16.6. The highest BCUT2D eigenvalue weighted by Gasteiger charge is 2.30. The van der Waals surface area contributed by atoms with E-state index in [4.69, 9.17) is 9.47 Å². The molecule has 2 aromatic rings. The van der Waals surface area contributed by atoms with Crippen LogP contribution in [0.3, 0.4) is 0 Å². The third-order valence-electron chi connectivity index (χ3n) is 6.14. The van der Waals surface area contributed by atoms with E-state index in [0.29, 0.717) is 25.5 Å². The van der Waals surface area contributed by atoms with Crippen LogP contribution in [0, 0.1) is 5.92 Å². The van der Waals surface area contributed by atoms with Crippen LogP contribution in [0.4, 0.5) is 16.2 Å². The minimum atomic E-state index is -0.298. The van der Waals surface area contributed by atoms with E-state index in [9.17, 15) is 9.59 Å². The SMILES string of the molecule is CCOC(=O)CC1CCN(c2cccc3c2CCN3C(=O)OCc2ccccc2)CC1. The number of hydrogen-bond acceptors (Lipinski definition) is 5. The number of nitrogens with zero attached hydrogens (tertiary/aromatic N) is 2. The molecule has 0 N–H and O–H groups in total. The Morgan fingerprint density at radius 3 is 2.42 bits per heavy atom. The number of rotatable bonds is 6. The van der Waals surface area contributed by atoms with E-state index in [0.717, 1.165) is 43.6 Å². The maximum Gasteiger partial charge on any atom is 0.414 e. The van der Waals surface area contributed by atoms with Gasteiger partial charge in [-0.25, -0.2) is 4.79 Å². The fourth-order valence-corrected chi connectivity index (χ4v) is 4.53. The summed E-state index contributed by atoms with van der Waals surface area (Å²) in [4.78, 5) is 28.6. The molecular formula is C25H30N2O4. The van der Waals surface area contributed by atoms with Crippen LogP contribution in [0.15, 0.2) is 48.5 Å². The lowest BCUT2D eigenvalue weighted by atomic mass is 9.93. The monoisotopic (exact) mass is 422 g/mol. The highest BCUT2D eigenvalue weighted by molar-refractivity contribution is 5.92. The van der Waals surface area contributed by atoms with E-state index < -0.39 is 0 Å². The second-order valence-electron chi connectivity index (χ2n) is 8.16. The number of hydrogen-bond donors (Lipinski definition) is 0. The lowest BCUT2D eigenvalue weighted by Crippen LogP contribution is -2.35. The molecule has 0 spiro atoms. The van der Waals surface area contributed by atoms with Crippen molar-refractivity contribution in [3.63, 3.8) is 0 Å². The molecular weight excluding hydrogens is 392 g/mol.